The third kappa shape index (κ3) is 3.27. The zero-order valence-corrected chi connectivity index (χ0v) is 15.4. The van der Waals surface area contributed by atoms with Crippen LogP contribution in [0.2, 0.25) is 0 Å². The average Bonchev–Trinajstić information content (AvgIpc) is 3.17. The van der Waals surface area contributed by atoms with Crippen molar-refractivity contribution in [1.29, 1.82) is 0 Å². The van der Waals surface area contributed by atoms with Gasteiger partial charge >= 0.3 is 0 Å². The number of hydrogen-bond donors (Lipinski definition) is 1. The molecule has 4 rings (SSSR count). The van der Waals surface area contributed by atoms with Gasteiger partial charge in [-0.2, -0.15) is 4.98 Å². The molecule has 9 heteroatoms. The number of nitrogens with one attached hydrogen (secondary N) is 1. The largest absolute Gasteiger partial charge is 0.333 e. The lowest BCUT2D eigenvalue weighted by Gasteiger charge is -2.08. The van der Waals surface area contributed by atoms with Gasteiger partial charge in [-0.15, -0.1) is 11.3 Å². The molecule has 0 atom stereocenters. The van der Waals surface area contributed by atoms with E-state index in [0.29, 0.717) is 33.8 Å². The fourth-order valence-corrected chi connectivity index (χ4v) is 4.37. The van der Waals surface area contributed by atoms with E-state index in [2.05, 4.69) is 14.9 Å². The quantitative estimate of drug-likeness (QED) is 0.645. The predicted octanol–water partition coefficient (Wildman–Crippen LogP) is 3.68. The van der Waals surface area contributed by atoms with E-state index >= 15 is 0 Å². The van der Waals surface area contributed by atoms with E-state index in [1.165, 1.54) is 42.5 Å². The van der Waals surface area contributed by atoms with Crippen LogP contribution in [0.15, 0.2) is 45.1 Å². The van der Waals surface area contributed by atoms with E-state index in [1.54, 1.807) is 11.4 Å². The number of nitrogens with zero attached hydrogens (tertiary/aromatic N) is 2. The van der Waals surface area contributed by atoms with Crippen LogP contribution < -0.4 is 4.72 Å². The molecule has 134 valence electrons. The van der Waals surface area contributed by atoms with Gasteiger partial charge in [0.2, 0.25) is 0 Å². The van der Waals surface area contributed by atoms with Gasteiger partial charge in [0.15, 0.2) is 11.6 Å². The molecule has 0 unspecified atom stereocenters. The number of carbonyl (C=O) groups excluding carboxylic acids is 1. The lowest BCUT2D eigenvalue weighted by Crippen LogP contribution is -2.13. The summed E-state index contributed by atoms with van der Waals surface area (Å²) in [7, 11) is -3.80. The van der Waals surface area contributed by atoms with Crippen molar-refractivity contribution in [3.8, 4) is 10.8 Å². The minimum Gasteiger partial charge on any atom is -0.333 e. The highest BCUT2D eigenvalue weighted by molar-refractivity contribution is 7.92. The Labute approximate surface area is 154 Å². The molecule has 0 spiro atoms. The summed E-state index contributed by atoms with van der Waals surface area (Å²) in [6, 6.07) is 7.45. The highest BCUT2D eigenvalue weighted by Gasteiger charge is 2.30. The monoisotopic (exact) mass is 389 g/mol. The first-order chi connectivity index (χ1) is 12.4. The molecule has 3 aromatic rings. The second-order valence-corrected chi connectivity index (χ2v) is 8.68. The number of benzene rings is 1. The van der Waals surface area contributed by atoms with Crippen LogP contribution in [0.4, 0.5) is 5.69 Å². The molecule has 1 N–H and O–H groups in total. The Hall–Kier alpha value is -2.52. The molecule has 1 aliphatic carbocycles. The zero-order valence-electron chi connectivity index (χ0n) is 13.8. The Morgan fingerprint density at radius 3 is 2.62 bits per heavy atom. The molecule has 2 heterocycles. The standard InChI is InChI=1S/C17H15N3O4S2/c1-10(21)11-4-6-13(7-5-11)26(22,23)20-14-8-9-25-15(14)17-18-16(19-24-17)12-2-3-12/h4-9,12,20H,2-3H2,1H3. The molecule has 1 fully saturated rings. The van der Waals surface area contributed by atoms with Gasteiger partial charge < -0.3 is 4.52 Å². The van der Waals surface area contributed by atoms with E-state index in [0.717, 1.165) is 12.8 Å². The summed E-state index contributed by atoms with van der Waals surface area (Å²) in [6.45, 7) is 1.43. The molecule has 0 saturated heterocycles. The van der Waals surface area contributed by atoms with Crippen LogP contribution in [-0.4, -0.2) is 24.3 Å². The molecule has 1 saturated carbocycles. The first-order valence-corrected chi connectivity index (χ1v) is 10.4. The molecule has 0 aliphatic heterocycles. The van der Waals surface area contributed by atoms with Crippen molar-refractivity contribution in [2.24, 2.45) is 0 Å². The van der Waals surface area contributed by atoms with E-state index in [9.17, 15) is 13.2 Å². The molecule has 26 heavy (non-hydrogen) atoms. The maximum Gasteiger partial charge on any atom is 0.270 e. The van der Waals surface area contributed by atoms with Crippen LogP contribution in [0, 0.1) is 0 Å². The third-order valence-electron chi connectivity index (χ3n) is 4.06. The molecule has 2 aromatic heterocycles. The molecule has 0 bridgehead atoms. The van der Waals surface area contributed by atoms with E-state index in [4.69, 9.17) is 4.52 Å². The maximum absolute atomic E-state index is 12.6. The summed E-state index contributed by atoms with van der Waals surface area (Å²) in [5.74, 6) is 1.21. The van der Waals surface area contributed by atoms with E-state index in [-0.39, 0.29) is 10.7 Å². The van der Waals surface area contributed by atoms with Crippen molar-refractivity contribution >= 4 is 32.8 Å². The summed E-state index contributed by atoms with van der Waals surface area (Å²) in [5, 5.41) is 5.72. The van der Waals surface area contributed by atoms with E-state index in [1.807, 2.05) is 0 Å². The Morgan fingerprint density at radius 2 is 1.96 bits per heavy atom. The van der Waals surface area contributed by atoms with Crippen molar-refractivity contribution in [1.82, 2.24) is 10.1 Å². The van der Waals surface area contributed by atoms with Crippen molar-refractivity contribution in [3.63, 3.8) is 0 Å². The van der Waals surface area contributed by atoms with Gasteiger partial charge in [-0.1, -0.05) is 17.3 Å². The van der Waals surface area contributed by atoms with Crippen LogP contribution >= 0.6 is 11.3 Å². The van der Waals surface area contributed by atoms with Gasteiger partial charge in [-0.05, 0) is 43.3 Å². The highest BCUT2D eigenvalue weighted by Crippen LogP contribution is 2.40. The Balaban J connectivity index is 1.60. The third-order valence-corrected chi connectivity index (χ3v) is 6.34. The fourth-order valence-electron chi connectivity index (χ4n) is 2.46. The number of sulfonamides is 1. The molecule has 1 aliphatic rings. The lowest BCUT2D eigenvalue weighted by molar-refractivity contribution is 0.101. The second-order valence-electron chi connectivity index (χ2n) is 6.08. The Bertz CT molecular complexity index is 1060. The second kappa shape index (κ2) is 6.33. The molecule has 1 aromatic carbocycles. The topological polar surface area (TPSA) is 102 Å². The minimum atomic E-state index is -3.80. The SMILES string of the molecule is CC(=O)c1ccc(S(=O)(=O)Nc2ccsc2-c2nc(C3CC3)no2)cc1. The highest BCUT2D eigenvalue weighted by atomic mass is 32.2. The summed E-state index contributed by atoms with van der Waals surface area (Å²) >= 11 is 1.32. The van der Waals surface area contributed by atoms with Crippen molar-refractivity contribution in [3.05, 3.63) is 47.1 Å². The van der Waals surface area contributed by atoms with Crippen molar-refractivity contribution < 1.29 is 17.7 Å². The number of Topliss-reactive ketones (excluding diaryl/α,β-unsaturated/α-hetero) is 1. The summed E-state index contributed by atoms with van der Waals surface area (Å²) in [5.41, 5.74) is 0.843. The summed E-state index contributed by atoms with van der Waals surface area (Å²) < 4.78 is 33.1. The van der Waals surface area contributed by atoms with Crippen LogP contribution in [0.1, 0.15) is 41.9 Å². The van der Waals surface area contributed by atoms with Crippen molar-refractivity contribution in [2.75, 3.05) is 4.72 Å². The lowest BCUT2D eigenvalue weighted by atomic mass is 10.2. The zero-order chi connectivity index (χ0) is 18.3. The van der Waals surface area contributed by atoms with Crippen LogP contribution in [0.25, 0.3) is 10.8 Å². The van der Waals surface area contributed by atoms with Gasteiger partial charge in [-0.25, -0.2) is 8.42 Å². The normalized spacial score (nSPS) is 14.3. The van der Waals surface area contributed by atoms with Gasteiger partial charge in [0.05, 0.1) is 10.6 Å². The molecular formula is C17H15N3O4S2. The van der Waals surface area contributed by atoms with Gasteiger partial charge in [0.1, 0.15) is 4.88 Å². The number of aromatic nitrogens is 2. The number of anilines is 1. The smallest absolute Gasteiger partial charge is 0.270 e. The van der Waals surface area contributed by atoms with Crippen LogP contribution in [0.5, 0.6) is 0 Å². The Morgan fingerprint density at radius 1 is 1.23 bits per heavy atom. The van der Waals surface area contributed by atoms with Crippen molar-refractivity contribution in [2.45, 2.75) is 30.6 Å². The summed E-state index contributed by atoms with van der Waals surface area (Å²) in [4.78, 5) is 16.4. The summed E-state index contributed by atoms with van der Waals surface area (Å²) in [6.07, 6.45) is 2.11. The number of ketones is 1. The predicted molar refractivity (Wildman–Crippen MR) is 96.8 cm³/mol. The number of thiophene rings is 1. The minimum absolute atomic E-state index is 0.0730. The van der Waals surface area contributed by atoms with Crippen LogP contribution in [0.3, 0.4) is 0 Å². The fraction of sp³-hybridized carbons (Fsp3) is 0.235. The van der Waals surface area contributed by atoms with E-state index < -0.39 is 10.0 Å². The first-order valence-electron chi connectivity index (χ1n) is 7.99. The van der Waals surface area contributed by atoms with Gasteiger partial charge in [0, 0.05) is 11.5 Å². The average molecular weight is 389 g/mol. The van der Waals surface area contributed by atoms with Crippen LogP contribution in [-0.2, 0) is 10.0 Å². The molecular weight excluding hydrogens is 374 g/mol. The Kier molecular flexibility index (Phi) is 4.12. The maximum atomic E-state index is 12.6. The number of carbonyl (C=O) groups is 1. The molecule has 0 radical (unpaired) electrons. The number of rotatable bonds is 6. The molecule has 7 nitrogen and oxygen atoms in total. The van der Waals surface area contributed by atoms with Gasteiger partial charge in [0.25, 0.3) is 15.9 Å². The molecule has 0 amide bonds. The number of hydrogen-bond acceptors (Lipinski definition) is 7. The first kappa shape index (κ1) is 16.9. The van der Waals surface area contributed by atoms with Gasteiger partial charge in [-0.3, -0.25) is 9.52 Å².